The van der Waals surface area contributed by atoms with Crippen molar-refractivity contribution in [3.8, 4) is 0 Å². The van der Waals surface area contributed by atoms with E-state index in [0.717, 1.165) is 43.6 Å². The van der Waals surface area contributed by atoms with Gasteiger partial charge in [0.2, 0.25) is 5.96 Å². The number of benzene rings is 1. The normalized spacial score (nSPS) is 16.8. The van der Waals surface area contributed by atoms with E-state index in [1.165, 1.54) is 24.0 Å². The molecule has 3 rings (SSSR count). The van der Waals surface area contributed by atoms with Crippen LogP contribution >= 0.6 is 0 Å². The van der Waals surface area contributed by atoms with Crippen molar-refractivity contribution in [2.75, 3.05) is 31.6 Å². The van der Waals surface area contributed by atoms with Gasteiger partial charge in [0.05, 0.1) is 0 Å². The maximum Gasteiger partial charge on any atom is 0.267 e. The molecule has 1 fully saturated rings. The lowest BCUT2D eigenvalue weighted by Gasteiger charge is -2.37. The lowest BCUT2D eigenvalue weighted by Crippen LogP contribution is -2.48. The molecular formula is C21H31N5O. The Balaban J connectivity index is 1.99. The van der Waals surface area contributed by atoms with E-state index in [1.54, 1.807) is 0 Å². The summed E-state index contributed by atoms with van der Waals surface area (Å²) < 4.78 is 0. The topological polar surface area (TPSA) is 74.0 Å². The fourth-order valence-electron chi connectivity index (χ4n) is 3.58. The van der Waals surface area contributed by atoms with Gasteiger partial charge in [0.1, 0.15) is 5.70 Å². The summed E-state index contributed by atoms with van der Waals surface area (Å²) in [5.41, 5.74) is 9.54. The van der Waals surface area contributed by atoms with Crippen LogP contribution in [0.1, 0.15) is 37.3 Å². The Labute approximate surface area is 162 Å². The summed E-state index contributed by atoms with van der Waals surface area (Å²) in [6, 6.07) is 6.37. The number of amides is 1. The van der Waals surface area contributed by atoms with Crippen molar-refractivity contribution in [1.82, 2.24) is 10.2 Å². The summed E-state index contributed by atoms with van der Waals surface area (Å²) >= 11 is 0. The molecule has 1 aromatic rings. The number of nitrogens with one attached hydrogen (secondary N) is 1. The van der Waals surface area contributed by atoms with Crippen LogP contribution in [0.3, 0.4) is 0 Å². The van der Waals surface area contributed by atoms with Crippen LogP contribution in [0, 0.1) is 12.8 Å². The summed E-state index contributed by atoms with van der Waals surface area (Å²) in [6.07, 6.45) is 5.43. The Kier molecular flexibility index (Phi) is 6.16. The minimum Gasteiger partial charge on any atom is -0.364 e. The fourth-order valence-corrected chi connectivity index (χ4v) is 3.58. The van der Waals surface area contributed by atoms with Gasteiger partial charge in [0, 0.05) is 31.9 Å². The van der Waals surface area contributed by atoms with Crippen molar-refractivity contribution in [3.05, 3.63) is 41.1 Å². The zero-order valence-electron chi connectivity index (χ0n) is 16.7. The Hall–Kier alpha value is -2.34. The number of aliphatic imine (C=N–C) groups is 1. The second kappa shape index (κ2) is 8.57. The molecule has 146 valence electrons. The lowest BCUT2D eigenvalue weighted by molar-refractivity contribution is -0.114. The van der Waals surface area contributed by atoms with E-state index in [4.69, 9.17) is 10.7 Å². The van der Waals surface area contributed by atoms with E-state index in [1.807, 2.05) is 13.1 Å². The van der Waals surface area contributed by atoms with E-state index >= 15 is 0 Å². The van der Waals surface area contributed by atoms with Gasteiger partial charge in [-0.2, -0.15) is 0 Å². The molecule has 6 heteroatoms. The van der Waals surface area contributed by atoms with Gasteiger partial charge in [-0.15, -0.1) is 0 Å². The molecule has 2 aliphatic rings. The molecule has 0 spiro atoms. The van der Waals surface area contributed by atoms with E-state index in [9.17, 15) is 4.79 Å². The second-order valence-corrected chi connectivity index (χ2v) is 7.46. The Morgan fingerprint density at radius 3 is 2.81 bits per heavy atom. The van der Waals surface area contributed by atoms with Gasteiger partial charge < -0.3 is 20.9 Å². The third kappa shape index (κ3) is 4.50. The van der Waals surface area contributed by atoms with Gasteiger partial charge in [0.25, 0.3) is 5.91 Å². The number of anilines is 1. The molecule has 27 heavy (non-hydrogen) atoms. The first kappa shape index (κ1) is 19.4. The molecule has 0 saturated heterocycles. The van der Waals surface area contributed by atoms with Crippen molar-refractivity contribution in [1.29, 1.82) is 0 Å². The number of primary amides is 1. The maximum absolute atomic E-state index is 11.8. The molecular weight excluding hydrogens is 338 g/mol. The van der Waals surface area contributed by atoms with Gasteiger partial charge in [-0.1, -0.05) is 19.1 Å². The summed E-state index contributed by atoms with van der Waals surface area (Å²) in [7, 11) is 1.96. The summed E-state index contributed by atoms with van der Waals surface area (Å²) in [6.45, 7) is 7.67. The number of rotatable bonds is 8. The zero-order valence-corrected chi connectivity index (χ0v) is 16.7. The van der Waals surface area contributed by atoms with Crippen molar-refractivity contribution in [2.24, 2.45) is 16.6 Å². The molecule has 1 amide bonds. The maximum atomic E-state index is 11.8. The molecule has 1 aromatic carbocycles. The van der Waals surface area contributed by atoms with E-state index in [-0.39, 0.29) is 0 Å². The van der Waals surface area contributed by atoms with Crippen molar-refractivity contribution in [2.45, 2.75) is 39.7 Å². The number of carbonyl (C=O) groups excluding carboxylic acids is 1. The molecule has 1 saturated carbocycles. The number of nitrogens with two attached hydrogens (primary N) is 1. The molecule has 3 N–H and O–H groups in total. The second-order valence-electron chi connectivity index (χ2n) is 7.46. The third-order valence-electron chi connectivity index (χ3n) is 5.21. The minimum atomic E-state index is -0.462. The number of guanidine groups is 1. The highest BCUT2D eigenvalue weighted by Gasteiger charge is 2.30. The Morgan fingerprint density at radius 1 is 1.41 bits per heavy atom. The van der Waals surface area contributed by atoms with Crippen LogP contribution in [-0.4, -0.2) is 43.4 Å². The molecule has 0 bridgehead atoms. The SMILES string of the molecule is CCCN(CC1CC1)C1=NC(C(N)=O)=CCN1c1cccc(CNC)c1C. The monoisotopic (exact) mass is 369 g/mol. The highest BCUT2D eigenvalue weighted by atomic mass is 16.1. The molecule has 1 aliphatic heterocycles. The first-order chi connectivity index (χ1) is 13.0. The smallest absolute Gasteiger partial charge is 0.267 e. The van der Waals surface area contributed by atoms with Gasteiger partial charge >= 0.3 is 0 Å². The predicted molar refractivity (Wildman–Crippen MR) is 111 cm³/mol. The van der Waals surface area contributed by atoms with Crippen LogP contribution < -0.4 is 16.0 Å². The van der Waals surface area contributed by atoms with Crippen LogP contribution in [0.2, 0.25) is 0 Å². The first-order valence-corrected chi connectivity index (χ1v) is 9.89. The number of nitrogens with zero attached hydrogens (tertiary/aromatic N) is 3. The summed E-state index contributed by atoms with van der Waals surface area (Å²) in [5.74, 6) is 1.13. The summed E-state index contributed by atoms with van der Waals surface area (Å²) in [4.78, 5) is 21.0. The van der Waals surface area contributed by atoms with Crippen LogP contribution in [-0.2, 0) is 11.3 Å². The van der Waals surface area contributed by atoms with Gasteiger partial charge in [-0.25, -0.2) is 4.99 Å². The number of hydrogen-bond acceptors (Lipinski definition) is 5. The number of hydrogen-bond donors (Lipinski definition) is 2. The first-order valence-electron chi connectivity index (χ1n) is 9.89. The third-order valence-corrected chi connectivity index (χ3v) is 5.21. The molecule has 0 atom stereocenters. The van der Waals surface area contributed by atoms with Crippen LogP contribution in [0.25, 0.3) is 0 Å². The molecule has 0 radical (unpaired) electrons. The van der Waals surface area contributed by atoms with Crippen LogP contribution in [0.15, 0.2) is 35.0 Å². The molecule has 1 heterocycles. The standard InChI is InChI=1S/C21H31N5O/c1-4-11-25(14-16-8-9-16)21-24-18(20(22)27)10-12-26(21)19-7-5-6-17(13-23-3)15(19)2/h5-7,10,16,23H,4,8-9,11-14H2,1-3H3,(H2,22,27). The molecule has 0 unspecified atom stereocenters. The zero-order chi connectivity index (χ0) is 19.4. The highest BCUT2D eigenvalue weighted by Crippen LogP contribution is 2.32. The van der Waals surface area contributed by atoms with Gasteiger partial charge in [-0.05, 0) is 62.4 Å². The quantitative estimate of drug-likeness (QED) is 0.738. The largest absolute Gasteiger partial charge is 0.364 e. The van der Waals surface area contributed by atoms with Crippen molar-refractivity contribution < 1.29 is 4.79 Å². The van der Waals surface area contributed by atoms with Crippen molar-refractivity contribution in [3.63, 3.8) is 0 Å². The van der Waals surface area contributed by atoms with Gasteiger partial charge in [0.15, 0.2) is 0 Å². The number of carbonyl (C=O) groups is 1. The van der Waals surface area contributed by atoms with E-state index < -0.39 is 5.91 Å². The van der Waals surface area contributed by atoms with Crippen molar-refractivity contribution >= 4 is 17.6 Å². The molecule has 6 nitrogen and oxygen atoms in total. The lowest BCUT2D eigenvalue weighted by atomic mass is 10.1. The summed E-state index contributed by atoms with van der Waals surface area (Å²) in [5, 5.41) is 3.23. The van der Waals surface area contributed by atoms with Crippen LogP contribution in [0.4, 0.5) is 5.69 Å². The Bertz CT molecular complexity index is 751. The predicted octanol–water partition coefficient (Wildman–Crippen LogP) is 2.38. The molecule has 1 aliphatic carbocycles. The fraction of sp³-hybridized carbons (Fsp3) is 0.524. The van der Waals surface area contributed by atoms with E-state index in [2.05, 4.69) is 47.2 Å². The molecule has 0 aromatic heterocycles. The van der Waals surface area contributed by atoms with E-state index in [0.29, 0.717) is 12.2 Å². The highest BCUT2D eigenvalue weighted by molar-refractivity contribution is 6.03. The van der Waals surface area contributed by atoms with Crippen LogP contribution in [0.5, 0.6) is 0 Å². The Morgan fingerprint density at radius 2 is 2.19 bits per heavy atom. The minimum absolute atomic E-state index is 0.363. The average Bonchev–Trinajstić information content (AvgIpc) is 3.47. The van der Waals surface area contributed by atoms with Gasteiger partial charge in [-0.3, -0.25) is 4.79 Å². The average molecular weight is 370 g/mol.